The van der Waals surface area contributed by atoms with Crippen molar-refractivity contribution < 1.29 is 19.1 Å². The third-order valence-corrected chi connectivity index (χ3v) is 3.52. The number of hydrogen-bond donors (Lipinski definition) is 0. The molecule has 0 aromatic heterocycles. The molecule has 0 bridgehead atoms. The number of carbonyl (C=O) groups is 2. The Balaban J connectivity index is 1.71. The van der Waals surface area contributed by atoms with Gasteiger partial charge in [-0.15, -0.1) is 0 Å². The topological polar surface area (TPSA) is 52.6 Å². The smallest absolute Gasteiger partial charge is 0.343 e. The van der Waals surface area contributed by atoms with E-state index < -0.39 is 5.97 Å². The molecule has 4 heteroatoms. The van der Waals surface area contributed by atoms with Gasteiger partial charge in [0.1, 0.15) is 17.2 Å². The molecule has 124 valence electrons. The van der Waals surface area contributed by atoms with E-state index in [-0.39, 0.29) is 5.78 Å². The first-order chi connectivity index (χ1) is 12.1. The van der Waals surface area contributed by atoms with Crippen LogP contribution < -0.4 is 9.47 Å². The predicted octanol–water partition coefficient (Wildman–Crippen LogP) is 4.90. The zero-order valence-electron chi connectivity index (χ0n) is 13.6. The maximum atomic E-state index is 12.3. The van der Waals surface area contributed by atoms with Gasteiger partial charge in [0.2, 0.25) is 0 Å². The first-order valence-electron chi connectivity index (χ1n) is 7.78. The SMILES string of the molecule is CC(=O)c1ccc(OC(=O)c2cccc(Oc3ccccc3)c2)cc1. The second-order valence-corrected chi connectivity index (χ2v) is 5.41. The summed E-state index contributed by atoms with van der Waals surface area (Å²) in [6, 6.07) is 22.5. The molecule has 3 aromatic carbocycles. The Labute approximate surface area is 145 Å². The van der Waals surface area contributed by atoms with Crippen molar-refractivity contribution in [2.75, 3.05) is 0 Å². The fraction of sp³-hybridized carbons (Fsp3) is 0.0476. The summed E-state index contributed by atoms with van der Waals surface area (Å²) in [5, 5.41) is 0. The highest BCUT2D eigenvalue weighted by molar-refractivity contribution is 5.94. The number of ether oxygens (including phenoxy) is 2. The Kier molecular flexibility index (Phi) is 4.90. The predicted molar refractivity (Wildman–Crippen MR) is 94.4 cm³/mol. The van der Waals surface area contributed by atoms with Crippen LogP contribution in [-0.2, 0) is 0 Å². The van der Waals surface area contributed by atoms with Crippen molar-refractivity contribution in [3.05, 3.63) is 90.0 Å². The first-order valence-corrected chi connectivity index (χ1v) is 7.78. The molecule has 0 saturated heterocycles. The van der Waals surface area contributed by atoms with Crippen LogP contribution in [0.15, 0.2) is 78.9 Å². The van der Waals surface area contributed by atoms with Crippen molar-refractivity contribution in [3.8, 4) is 17.2 Å². The second kappa shape index (κ2) is 7.45. The van der Waals surface area contributed by atoms with E-state index in [1.807, 2.05) is 30.3 Å². The molecule has 0 aliphatic carbocycles. The van der Waals surface area contributed by atoms with Crippen molar-refractivity contribution in [1.29, 1.82) is 0 Å². The number of Topliss-reactive ketones (excluding diaryl/α,β-unsaturated/α-hetero) is 1. The highest BCUT2D eigenvalue weighted by Crippen LogP contribution is 2.22. The number of ketones is 1. The molecule has 0 radical (unpaired) electrons. The van der Waals surface area contributed by atoms with Crippen molar-refractivity contribution >= 4 is 11.8 Å². The van der Waals surface area contributed by atoms with E-state index in [9.17, 15) is 9.59 Å². The monoisotopic (exact) mass is 332 g/mol. The van der Waals surface area contributed by atoms with Gasteiger partial charge in [-0.05, 0) is 61.5 Å². The minimum atomic E-state index is -0.492. The third kappa shape index (κ3) is 4.32. The highest BCUT2D eigenvalue weighted by atomic mass is 16.5. The molecule has 0 atom stereocenters. The summed E-state index contributed by atoms with van der Waals surface area (Å²) in [7, 11) is 0. The van der Waals surface area contributed by atoms with E-state index in [0.29, 0.717) is 28.4 Å². The lowest BCUT2D eigenvalue weighted by molar-refractivity contribution is 0.0734. The quantitative estimate of drug-likeness (QED) is 0.379. The summed E-state index contributed by atoms with van der Waals surface area (Å²) in [6.07, 6.45) is 0. The number of carbonyl (C=O) groups excluding carboxylic acids is 2. The number of benzene rings is 3. The van der Waals surface area contributed by atoms with Crippen LogP contribution in [0.2, 0.25) is 0 Å². The highest BCUT2D eigenvalue weighted by Gasteiger charge is 2.10. The molecule has 0 aliphatic heterocycles. The van der Waals surface area contributed by atoms with E-state index in [2.05, 4.69) is 0 Å². The molecule has 0 N–H and O–H groups in total. The van der Waals surface area contributed by atoms with Crippen LogP contribution in [-0.4, -0.2) is 11.8 Å². The lowest BCUT2D eigenvalue weighted by Gasteiger charge is -2.08. The molecule has 0 unspecified atom stereocenters. The van der Waals surface area contributed by atoms with E-state index in [0.717, 1.165) is 0 Å². The third-order valence-electron chi connectivity index (χ3n) is 3.52. The van der Waals surface area contributed by atoms with Gasteiger partial charge in [0.25, 0.3) is 0 Å². The molecule has 0 fully saturated rings. The van der Waals surface area contributed by atoms with Crippen molar-refractivity contribution in [2.45, 2.75) is 6.92 Å². The van der Waals surface area contributed by atoms with E-state index >= 15 is 0 Å². The molecule has 0 saturated carbocycles. The Bertz CT molecular complexity index is 883. The average Bonchev–Trinajstić information content (AvgIpc) is 2.63. The van der Waals surface area contributed by atoms with Gasteiger partial charge in [-0.1, -0.05) is 24.3 Å². The minimum Gasteiger partial charge on any atom is -0.457 e. The van der Waals surface area contributed by atoms with Gasteiger partial charge in [0, 0.05) is 5.56 Å². The maximum Gasteiger partial charge on any atom is 0.343 e. The normalized spacial score (nSPS) is 10.1. The lowest BCUT2D eigenvalue weighted by atomic mass is 10.1. The van der Waals surface area contributed by atoms with Crippen LogP contribution in [0, 0.1) is 0 Å². The van der Waals surface area contributed by atoms with Crippen LogP contribution in [0.3, 0.4) is 0 Å². The fourth-order valence-electron chi connectivity index (χ4n) is 2.23. The number of rotatable bonds is 5. The van der Waals surface area contributed by atoms with Gasteiger partial charge in [-0.25, -0.2) is 4.79 Å². The molecular formula is C21H16O4. The Morgan fingerprint density at radius 2 is 1.36 bits per heavy atom. The van der Waals surface area contributed by atoms with Crippen LogP contribution in [0.4, 0.5) is 0 Å². The van der Waals surface area contributed by atoms with Gasteiger partial charge in [-0.3, -0.25) is 4.79 Å². The fourth-order valence-corrected chi connectivity index (χ4v) is 2.23. The molecule has 3 rings (SSSR count). The van der Waals surface area contributed by atoms with Gasteiger partial charge >= 0.3 is 5.97 Å². The first kappa shape index (κ1) is 16.5. The van der Waals surface area contributed by atoms with Crippen molar-refractivity contribution in [3.63, 3.8) is 0 Å². The standard InChI is InChI=1S/C21H16O4/c1-15(22)16-10-12-19(13-11-16)25-21(23)17-6-5-9-20(14-17)24-18-7-3-2-4-8-18/h2-14H,1H3. The minimum absolute atomic E-state index is 0.0383. The molecular weight excluding hydrogens is 316 g/mol. The Morgan fingerprint density at radius 1 is 0.680 bits per heavy atom. The lowest BCUT2D eigenvalue weighted by Crippen LogP contribution is -2.08. The molecule has 4 nitrogen and oxygen atoms in total. The number of esters is 1. The second-order valence-electron chi connectivity index (χ2n) is 5.41. The molecule has 0 amide bonds. The van der Waals surface area contributed by atoms with Crippen LogP contribution in [0.5, 0.6) is 17.2 Å². The van der Waals surface area contributed by atoms with E-state index in [1.165, 1.54) is 6.92 Å². The Morgan fingerprint density at radius 3 is 2.04 bits per heavy atom. The summed E-state index contributed by atoms with van der Waals surface area (Å²) in [5.41, 5.74) is 0.946. The zero-order valence-corrected chi connectivity index (χ0v) is 13.6. The molecule has 25 heavy (non-hydrogen) atoms. The van der Waals surface area contributed by atoms with Gasteiger partial charge in [0.05, 0.1) is 5.56 Å². The summed E-state index contributed by atoms with van der Waals surface area (Å²) in [5.74, 6) is 1.09. The van der Waals surface area contributed by atoms with Gasteiger partial charge < -0.3 is 9.47 Å². The number of para-hydroxylation sites is 1. The van der Waals surface area contributed by atoms with Gasteiger partial charge in [-0.2, -0.15) is 0 Å². The summed E-state index contributed by atoms with van der Waals surface area (Å²) < 4.78 is 11.1. The largest absolute Gasteiger partial charge is 0.457 e. The van der Waals surface area contributed by atoms with E-state index in [4.69, 9.17) is 9.47 Å². The molecule has 0 spiro atoms. The number of hydrogen-bond acceptors (Lipinski definition) is 4. The Hall–Kier alpha value is -3.40. The molecule has 0 heterocycles. The zero-order chi connectivity index (χ0) is 17.6. The molecule has 0 aliphatic rings. The van der Waals surface area contributed by atoms with E-state index in [1.54, 1.807) is 48.5 Å². The summed E-state index contributed by atoms with van der Waals surface area (Å²) in [4.78, 5) is 23.6. The maximum absolute atomic E-state index is 12.3. The summed E-state index contributed by atoms with van der Waals surface area (Å²) in [6.45, 7) is 1.49. The van der Waals surface area contributed by atoms with Crippen LogP contribution in [0.25, 0.3) is 0 Å². The average molecular weight is 332 g/mol. The summed E-state index contributed by atoms with van der Waals surface area (Å²) >= 11 is 0. The molecule has 3 aromatic rings. The van der Waals surface area contributed by atoms with Crippen LogP contribution >= 0.6 is 0 Å². The van der Waals surface area contributed by atoms with Gasteiger partial charge in [0.15, 0.2) is 5.78 Å². The van der Waals surface area contributed by atoms with Crippen molar-refractivity contribution in [1.82, 2.24) is 0 Å². The van der Waals surface area contributed by atoms with Crippen molar-refractivity contribution in [2.24, 2.45) is 0 Å². The van der Waals surface area contributed by atoms with Crippen LogP contribution in [0.1, 0.15) is 27.6 Å².